The summed E-state index contributed by atoms with van der Waals surface area (Å²) >= 11 is 0. The third-order valence-corrected chi connectivity index (χ3v) is 4.95. The van der Waals surface area contributed by atoms with E-state index in [4.69, 9.17) is 0 Å². The number of alkyl halides is 2. The number of halogens is 2. The van der Waals surface area contributed by atoms with Crippen LogP contribution in [0.4, 0.5) is 14.6 Å². The van der Waals surface area contributed by atoms with Crippen LogP contribution in [0.2, 0.25) is 0 Å². The van der Waals surface area contributed by atoms with E-state index >= 15 is 0 Å². The normalized spacial score (nSPS) is 16.8. The van der Waals surface area contributed by atoms with E-state index < -0.39 is 5.92 Å². The molecular formula is C23H30F2N4O. The topological polar surface area (TPSA) is 57.6 Å². The van der Waals surface area contributed by atoms with Gasteiger partial charge in [0.2, 0.25) is 5.91 Å². The number of carbonyl (C=O) groups excluding carboxylic acids is 1. The molecule has 0 radical (unpaired) electrons. The van der Waals surface area contributed by atoms with Crippen molar-refractivity contribution in [2.24, 2.45) is 10.9 Å². The molecule has 1 aliphatic heterocycles. The highest BCUT2D eigenvalue weighted by molar-refractivity contribution is 6.04. The van der Waals surface area contributed by atoms with Crippen molar-refractivity contribution in [2.75, 3.05) is 18.4 Å². The predicted octanol–water partition coefficient (Wildman–Crippen LogP) is 5.30. The molecule has 1 amide bonds. The van der Waals surface area contributed by atoms with E-state index in [1.165, 1.54) is 18.3 Å². The number of pyridine rings is 1. The van der Waals surface area contributed by atoms with E-state index in [0.29, 0.717) is 18.9 Å². The monoisotopic (exact) mass is 416 g/mol. The molecule has 0 aromatic carbocycles. The predicted molar refractivity (Wildman–Crippen MR) is 118 cm³/mol. The van der Waals surface area contributed by atoms with Gasteiger partial charge in [0.05, 0.1) is 11.4 Å². The Morgan fingerprint density at radius 3 is 2.60 bits per heavy atom. The van der Waals surface area contributed by atoms with Crippen molar-refractivity contribution in [3.63, 3.8) is 0 Å². The van der Waals surface area contributed by atoms with Crippen molar-refractivity contribution >= 4 is 17.4 Å². The number of aromatic nitrogens is 1. The van der Waals surface area contributed by atoms with Crippen LogP contribution in [0.3, 0.4) is 0 Å². The molecule has 2 rings (SSSR count). The Morgan fingerprint density at radius 1 is 1.40 bits per heavy atom. The third kappa shape index (κ3) is 6.34. The molecule has 0 saturated carbocycles. The first kappa shape index (κ1) is 23.4. The van der Waals surface area contributed by atoms with E-state index in [2.05, 4.69) is 21.9 Å². The molecule has 1 saturated heterocycles. The van der Waals surface area contributed by atoms with Gasteiger partial charge in [0.15, 0.2) is 0 Å². The van der Waals surface area contributed by atoms with Crippen molar-refractivity contribution < 1.29 is 13.6 Å². The highest BCUT2D eigenvalue weighted by Crippen LogP contribution is 2.28. The van der Waals surface area contributed by atoms with Gasteiger partial charge < -0.3 is 10.2 Å². The molecule has 7 heteroatoms. The fourth-order valence-electron chi connectivity index (χ4n) is 3.34. The Morgan fingerprint density at radius 2 is 2.10 bits per heavy atom. The van der Waals surface area contributed by atoms with Crippen molar-refractivity contribution in [3.05, 3.63) is 60.6 Å². The van der Waals surface area contributed by atoms with E-state index in [-0.39, 0.29) is 17.4 Å². The summed E-state index contributed by atoms with van der Waals surface area (Å²) in [6.45, 7) is 9.61. The maximum Gasteiger partial charge on any atom is 0.272 e. The third-order valence-electron chi connectivity index (χ3n) is 4.95. The van der Waals surface area contributed by atoms with Gasteiger partial charge in [-0.1, -0.05) is 25.7 Å². The maximum atomic E-state index is 13.5. The molecule has 2 heterocycles. The summed E-state index contributed by atoms with van der Waals surface area (Å²) in [5.41, 5.74) is 1.57. The summed E-state index contributed by atoms with van der Waals surface area (Å²) in [6.07, 6.45) is 10.5. The molecule has 0 aliphatic carbocycles. The Kier molecular flexibility index (Phi) is 8.45. The number of hydrogen-bond donors (Lipinski definition) is 1. The molecule has 0 spiro atoms. The lowest BCUT2D eigenvalue weighted by atomic mass is 9.89. The lowest BCUT2D eigenvalue weighted by molar-refractivity contribution is -0.127. The van der Waals surface area contributed by atoms with Crippen LogP contribution in [-0.4, -0.2) is 34.6 Å². The summed E-state index contributed by atoms with van der Waals surface area (Å²) < 4.78 is 26.9. The second-order valence-corrected chi connectivity index (χ2v) is 7.27. The number of carbonyl (C=O) groups is 1. The highest BCUT2D eigenvalue weighted by atomic mass is 19.3. The average Bonchev–Trinajstić information content (AvgIpc) is 2.73. The number of nitrogens with zero attached hydrogens (tertiary/aromatic N) is 3. The minimum absolute atomic E-state index is 0.0557. The van der Waals surface area contributed by atoms with Crippen LogP contribution < -0.4 is 5.32 Å². The van der Waals surface area contributed by atoms with Crippen molar-refractivity contribution in [1.82, 2.24) is 9.88 Å². The lowest BCUT2D eigenvalue weighted by Gasteiger charge is -2.32. The first-order valence-corrected chi connectivity index (χ1v) is 10.2. The summed E-state index contributed by atoms with van der Waals surface area (Å²) in [5.74, 6) is -2.34. The largest absolute Gasteiger partial charge is 0.339 e. The molecule has 1 aromatic rings. The summed E-state index contributed by atoms with van der Waals surface area (Å²) in [5, 5.41) is 3.25. The average molecular weight is 417 g/mol. The molecular weight excluding hydrogens is 386 g/mol. The number of hydrogen-bond acceptors (Lipinski definition) is 4. The van der Waals surface area contributed by atoms with E-state index in [9.17, 15) is 13.6 Å². The van der Waals surface area contributed by atoms with Gasteiger partial charge >= 0.3 is 0 Å². The number of amides is 1. The molecule has 1 aromatic heterocycles. The molecule has 1 N–H and O–H groups in total. The van der Waals surface area contributed by atoms with Gasteiger partial charge in [0, 0.05) is 43.9 Å². The first-order chi connectivity index (χ1) is 14.3. The van der Waals surface area contributed by atoms with Crippen LogP contribution in [0.15, 0.2) is 60.0 Å². The van der Waals surface area contributed by atoms with Crippen LogP contribution in [0.25, 0.3) is 0 Å². The van der Waals surface area contributed by atoms with Crippen LogP contribution >= 0.6 is 0 Å². The van der Waals surface area contributed by atoms with E-state index in [1.54, 1.807) is 17.2 Å². The fourth-order valence-corrected chi connectivity index (χ4v) is 3.34. The standard InChI is InChI=1S/C23H30F2N4O/c1-5-8-19(28-20-10-9-18(16-27-20)23(4,24)25)22(26-13-6-2)17-11-14-29(15-12-17)21(30)7-3/h6-10,13,16-17H,3,5,11-12,14-15H2,1-2,4H3,(H,27,28)/b13-6-,19-8-,26-22-. The van der Waals surface area contributed by atoms with Crippen LogP contribution in [-0.2, 0) is 10.7 Å². The quantitative estimate of drug-likeness (QED) is 0.462. The van der Waals surface area contributed by atoms with E-state index in [1.807, 2.05) is 26.0 Å². The van der Waals surface area contributed by atoms with Gasteiger partial charge in [-0.25, -0.2) is 13.8 Å². The number of nitrogens with one attached hydrogen (secondary N) is 1. The summed E-state index contributed by atoms with van der Waals surface area (Å²) in [4.78, 5) is 22.5. The summed E-state index contributed by atoms with van der Waals surface area (Å²) in [6, 6.07) is 2.93. The second kappa shape index (κ2) is 10.8. The molecule has 0 atom stereocenters. The number of rotatable bonds is 8. The lowest BCUT2D eigenvalue weighted by Crippen LogP contribution is -2.40. The maximum absolute atomic E-state index is 13.5. The minimum atomic E-state index is -2.93. The van der Waals surface area contributed by atoms with Crippen LogP contribution in [0.1, 0.15) is 45.6 Å². The Balaban J connectivity index is 2.23. The fraction of sp³-hybridized carbons (Fsp3) is 0.435. The molecule has 0 bridgehead atoms. The van der Waals surface area contributed by atoms with Gasteiger partial charge in [0.25, 0.3) is 5.92 Å². The Labute approximate surface area is 177 Å². The molecule has 1 fully saturated rings. The summed E-state index contributed by atoms with van der Waals surface area (Å²) in [7, 11) is 0. The van der Waals surface area contributed by atoms with Crippen molar-refractivity contribution in [2.45, 2.75) is 46.0 Å². The number of aliphatic imine (C=N–C) groups is 1. The zero-order valence-corrected chi connectivity index (χ0v) is 17.9. The van der Waals surface area contributed by atoms with Crippen molar-refractivity contribution in [3.8, 4) is 0 Å². The molecule has 30 heavy (non-hydrogen) atoms. The van der Waals surface area contributed by atoms with E-state index in [0.717, 1.165) is 37.6 Å². The smallest absolute Gasteiger partial charge is 0.272 e. The molecule has 5 nitrogen and oxygen atoms in total. The second-order valence-electron chi connectivity index (χ2n) is 7.27. The SMILES string of the molecule is C=CC(=O)N1CCC(C(=N/C=C\C)/C(=C/CC)Nc2ccc(C(C)(F)F)cn2)CC1. The minimum Gasteiger partial charge on any atom is -0.339 e. The van der Waals surface area contributed by atoms with Gasteiger partial charge in [0.1, 0.15) is 5.82 Å². The number of likely N-dealkylation sites (tertiary alicyclic amines) is 1. The van der Waals surface area contributed by atoms with Crippen molar-refractivity contribution in [1.29, 1.82) is 0 Å². The van der Waals surface area contributed by atoms with Crippen LogP contribution in [0, 0.1) is 5.92 Å². The van der Waals surface area contributed by atoms with Crippen LogP contribution in [0.5, 0.6) is 0 Å². The molecule has 162 valence electrons. The Hall–Kier alpha value is -2.83. The first-order valence-electron chi connectivity index (χ1n) is 10.2. The number of piperidine rings is 1. The molecule has 0 unspecified atom stereocenters. The Bertz CT molecular complexity index is 815. The van der Waals surface area contributed by atoms with Gasteiger partial charge in [-0.2, -0.15) is 0 Å². The number of allylic oxidation sites excluding steroid dienone is 3. The van der Waals surface area contributed by atoms with Gasteiger partial charge in [-0.15, -0.1) is 0 Å². The van der Waals surface area contributed by atoms with Gasteiger partial charge in [-0.05, 0) is 44.4 Å². The molecule has 1 aliphatic rings. The number of anilines is 1. The zero-order valence-electron chi connectivity index (χ0n) is 17.9. The zero-order chi connectivity index (χ0) is 22.1. The van der Waals surface area contributed by atoms with Gasteiger partial charge in [-0.3, -0.25) is 9.79 Å². The highest BCUT2D eigenvalue weighted by Gasteiger charge is 2.27.